The topological polar surface area (TPSA) is 0 Å². The van der Waals surface area contributed by atoms with Crippen molar-refractivity contribution in [2.24, 2.45) is 5.92 Å². The predicted molar refractivity (Wildman–Crippen MR) is 55.1 cm³/mol. The van der Waals surface area contributed by atoms with Crippen molar-refractivity contribution in [2.45, 2.75) is 46.0 Å². The summed E-state index contributed by atoms with van der Waals surface area (Å²) in [6, 6.07) is 0. The SMILES string of the molecule is CCCCCC1=CCC=CC1C. The zero-order valence-electron chi connectivity index (χ0n) is 8.34. The molecule has 1 atom stereocenters. The fraction of sp³-hybridized carbons (Fsp3) is 0.667. The summed E-state index contributed by atoms with van der Waals surface area (Å²) in [4.78, 5) is 0. The lowest BCUT2D eigenvalue weighted by Crippen LogP contribution is -1.99. The molecule has 1 aliphatic rings. The van der Waals surface area contributed by atoms with Crippen LogP contribution in [0.5, 0.6) is 0 Å². The molecule has 12 heavy (non-hydrogen) atoms. The van der Waals surface area contributed by atoms with Crippen molar-refractivity contribution < 1.29 is 0 Å². The summed E-state index contributed by atoms with van der Waals surface area (Å²) in [6.07, 6.45) is 13.6. The molecule has 0 aromatic carbocycles. The van der Waals surface area contributed by atoms with E-state index in [1.54, 1.807) is 5.57 Å². The van der Waals surface area contributed by atoms with E-state index in [1.807, 2.05) is 0 Å². The second kappa shape index (κ2) is 5.18. The molecular formula is C12H20. The average Bonchev–Trinajstić information content (AvgIpc) is 2.09. The van der Waals surface area contributed by atoms with Crippen LogP contribution in [0.25, 0.3) is 0 Å². The summed E-state index contributed by atoms with van der Waals surface area (Å²) in [7, 11) is 0. The van der Waals surface area contributed by atoms with E-state index in [1.165, 1.54) is 25.7 Å². The average molecular weight is 164 g/mol. The third-order valence-corrected chi connectivity index (χ3v) is 2.59. The molecule has 1 rings (SSSR count). The monoisotopic (exact) mass is 164 g/mol. The minimum atomic E-state index is 0.704. The van der Waals surface area contributed by atoms with Gasteiger partial charge in [0, 0.05) is 0 Å². The molecule has 0 radical (unpaired) electrons. The normalized spacial score (nSPS) is 22.5. The van der Waals surface area contributed by atoms with Gasteiger partial charge in [-0.2, -0.15) is 0 Å². The summed E-state index contributed by atoms with van der Waals surface area (Å²) in [5, 5.41) is 0. The lowest BCUT2D eigenvalue weighted by Gasteiger charge is -2.15. The molecule has 0 aliphatic heterocycles. The molecular weight excluding hydrogens is 144 g/mol. The van der Waals surface area contributed by atoms with Crippen molar-refractivity contribution in [3.63, 3.8) is 0 Å². The Labute approximate surface area is 76.4 Å². The maximum atomic E-state index is 2.40. The summed E-state index contributed by atoms with van der Waals surface area (Å²) in [5.41, 5.74) is 1.66. The Balaban J connectivity index is 2.26. The minimum absolute atomic E-state index is 0.704. The standard InChI is InChI=1S/C12H20/c1-3-4-5-9-12-10-7-6-8-11(12)2/h6,8,10-11H,3-5,7,9H2,1-2H3. The molecule has 0 N–H and O–H groups in total. The van der Waals surface area contributed by atoms with Crippen LogP contribution in [0.2, 0.25) is 0 Å². The van der Waals surface area contributed by atoms with Crippen LogP contribution in [0.1, 0.15) is 46.0 Å². The Bertz CT molecular complexity index is 174. The molecule has 0 aromatic rings. The number of hydrogen-bond donors (Lipinski definition) is 0. The van der Waals surface area contributed by atoms with Crippen molar-refractivity contribution in [3.05, 3.63) is 23.8 Å². The second-order valence-electron chi connectivity index (χ2n) is 3.69. The zero-order chi connectivity index (χ0) is 8.81. The molecule has 0 heteroatoms. The van der Waals surface area contributed by atoms with Gasteiger partial charge in [-0.15, -0.1) is 0 Å². The van der Waals surface area contributed by atoms with Gasteiger partial charge in [0.15, 0.2) is 0 Å². The third-order valence-electron chi connectivity index (χ3n) is 2.59. The van der Waals surface area contributed by atoms with E-state index < -0.39 is 0 Å². The minimum Gasteiger partial charge on any atom is -0.0841 e. The molecule has 0 aromatic heterocycles. The lowest BCUT2D eigenvalue weighted by atomic mass is 9.91. The lowest BCUT2D eigenvalue weighted by molar-refractivity contribution is 0.666. The highest BCUT2D eigenvalue weighted by atomic mass is 14.1. The van der Waals surface area contributed by atoms with Crippen molar-refractivity contribution >= 4 is 0 Å². The first kappa shape index (κ1) is 9.57. The Morgan fingerprint density at radius 2 is 2.25 bits per heavy atom. The predicted octanol–water partition coefficient (Wildman–Crippen LogP) is 4.09. The summed E-state index contributed by atoms with van der Waals surface area (Å²) >= 11 is 0. The van der Waals surface area contributed by atoms with Crippen LogP contribution in [-0.4, -0.2) is 0 Å². The van der Waals surface area contributed by atoms with Gasteiger partial charge in [-0.3, -0.25) is 0 Å². The molecule has 0 amide bonds. The van der Waals surface area contributed by atoms with Gasteiger partial charge in [-0.25, -0.2) is 0 Å². The number of allylic oxidation sites excluding steroid dienone is 4. The number of hydrogen-bond acceptors (Lipinski definition) is 0. The highest BCUT2D eigenvalue weighted by Crippen LogP contribution is 2.23. The maximum Gasteiger partial charge on any atom is -0.00514 e. The number of rotatable bonds is 4. The van der Waals surface area contributed by atoms with E-state index in [9.17, 15) is 0 Å². The van der Waals surface area contributed by atoms with E-state index in [0.717, 1.165) is 6.42 Å². The van der Waals surface area contributed by atoms with Crippen molar-refractivity contribution in [1.29, 1.82) is 0 Å². The van der Waals surface area contributed by atoms with Crippen molar-refractivity contribution in [2.75, 3.05) is 0 Å². The van der Waals surface area contributed by atoms with Gasteiger partial charge < -0.3 is 0 Å². The molecule has 0 heterocycles. The van der Waals surface area contributed by atoms with Gasteiger partial charge in [0.2, 0.25) is 0 Å². The van der Waals surface area contributed by atoms with E-state index in [4.69, 9.17) is 0 Å². The molecule has 68 valence electrons. The van der Waals surface area contributed by atoms with Gasteiger partial charge in [-0.05, 0) is 25.2 Å². The van der Waals surface area contributed by atoms with Crippen molar-refractivity contribution in [3.8, 4) is 0 Å². The molecule has 1 unspecified atom stereocenters. The summed E-state index contributed by atoms with van der Waals surface area (Å²) in [6.45, 7) is 4.56. The van der Waals surface area contributed by atoms with Crippen molar-refractivity contribution in [1.82, 2.24) is 0 Å². The van der Waals surface area contributed by atoms with Gasteiger partial charge in [0.05, 0.1) is 0 Å². The highest BCUT2D eigenvalue weighted by Gasteiger charge is 2.06. The molecule has 0 saturated carbocycles. The Morgan fingerprint density at radius 1 is 1.42 bits per heavy atom. The Hall–Kier alpha value is -0.520. The highest BCUT2D eigenvalue weighted by molar-refractivity contribution is 5.18. The van der Waals surface area contributed by atoms with Crippen LogP contribution in [0.4, 0.5) is 0 Å². The van der Waals surface area contributed by atoms with Crippen LogP contribution in [0.3, 0.4) is 0 Å². The molecule has 0 saturated heterocycles. The van der Waals surface area contributed by atoms with E-state index in [-0.39, 0.29) is 0 Å². The van der Waals surface area contributed by atoms with Crippen LogP contribution in [0, 0.1) is 5.92 Å². The van der Waals surface area contributed by atoms with Gasteiger partial charge in [0.1, 0.15) is 0 Å². The molecule has 1 aliphatic carbocycles. The smallest absolute Gasteiger partial charge is 0.00514 e. The molecule has 0 fully saturated rings. The largest absolute Gasteiger partial charge is 0.0841 e. The van der Waals surface area contributed by atoms with Crippen LogP contribution in [0.15, 0.2) is 23.8 Å². The number of unbranched alkanes of at least 4 members (excludes halogenated alkanes) is 2. The zero-order valence-corrected chi connectivity index (χ0v) is 8.34. The van der Waals surface area contributed by atoms with E-state index >= 15 is 0 Å². The Morgan fingerprint density at radius 3 is 2.92 bits per heavy atom. The fourth-order valence-corrected chi connectivity index (χ4v) is 1.72. The third kappa shape index (κ3) is 2.84. The first-order valence-corrected chi connectivity index (χ1v) is 5.20. The van der Waals surface area contributed by atoms with Crippen LogP contribution < -0.4 is 0 Å². The molecule has 0 nitrogen and oxygen atoms in total. The van der Waals surface area contributed by atoms with Gasteiger partial charge in [-0.1, -0.05) is 50.5 Å². The quantitative estimate of drug-likeness (QED) is 0.433. The van der Waals surface area contributed by atoms with E-state index in [2.05, 4.69) is 32.1 Å². The molecule has 0 spiro atoms. The van der Waals surface area contributed by atoms with Crippen LogP contribution in [-0.2, 0) is 0 Å². The fourth-order valence-electron chi connectivity index (χ4n) is 1.72. The van der Waals surface area contributed by atoms with Gasteiger partial charge in [0.25, 0.3) is 0 Å². The van der Waals surface area contributed by atoms with Gasteiger partial charge >= 0.3 is 0 Å². The summed E-state index contributed by atoms with van der Waals surface area (Å²) in [5.74, 6) is 0.704. The first-order chi connectivity index (χ1) is 5.84. The Kier molecular flexibility index (Phi) is 4.13. The second-order valence-corrected chi connectivity index (χ2v) is 3.69. The van der Waals surface area contributed by atoms with E-state index in [0.29, 0.717) is 5.92 Å². The maximum absolute atomic E-state index is 2.40. The summed E-state index contributed by atoms with van der Waals surface area (Å²) < 4.78 is 0. The first-order valence-electron chi connectivity index (χ1n) is 5.20. The van der Waals surface area contributed by atoms with Crippen LogP contribution >= 0.6 is 0 Å². The molecule has 0 bridgehead atoms.